The van der Waals surface area contributed by atoms with E-state index in [0.29, 0.717) is 16.0 Å². The second-order valence-corrected chi connectivity index (χ2v) is 6.72. The first-order valence-corrected chi connectivity index (χ1v) is 8.10. The van der Waals surface area contributed by atoms with Gasteiger partial charge in [0.2, 0.25) is 10.0 Å². The molecule has 2 rings (SSSR count). The van der Waals surface area contributed by atoms with Crippen LogP contribution in [-0.4, -0.2) is 23.4 Å². The summed E-state index contributed by atoms with van der Waals surface area (Å²) < 4.78 is 27.6. The highest BCUT2D eigenvalue weighted by atomic mass is 79.9. The summed E-state index contributed by atoms with van der Waals surface area (Å²) in [7, 11) is -3.78. The SMILES string of the molecule is Cc1nccc(CNS(=O)(=O)c2cc(Br)cnc2NN)n1. The Labute approximate surface area is 130 Å². The molecule has 2 aromatic rings. The minimum absolute atomic E-state index is 0.0439. The van der Waals surface area contributed by atoms with E-state index >= 15 is 0 Å². The Balaban J connectivity index is 2.24. The average molecular weight is 373 g/mol. The Morgan fingerprint density at radius 1 is 1.38 bits per heavy atom. The minimum Gasteiger partial charge on any atom is -0.307 e. The molecule has 8 nitrogen and oxygen atoms in total. The number of halogens is 1. The molecule has 0 aromatic carbocycles. The number of aromatic nitrogens is 3. The van der Waals surface area contributed by atoms with Crippen LogP contribution in [0.4, 0.5) is 5.82 Å². The Hall–Kier alpha value is -1.62. The van der Waals surface area contributed by atoms with Gasteiger partial charge < -0.3 is 5.43 Å². The molecule has 4 N–H and O–H groups in total. The summed E-state index contributed by atoms with van der Waals surface area (Å²) in [6, 6.07) is 3.05. The van der Waals surface area contributed by atoms with Crippen molar-refractivity contribution < 1.29 is 8.42 Å². The highest BCUT2D eigenvalue weighted by Gasteiger charge is 2.20. The van der Waals surface area contributed by atoms with Gasteiger partial charge in [-0.1, -0.05) is 0 Å². The summed E-state index contributed by atoms with van der Waals surface area (Å²) in [6.07, 6.45) is 3.02. The largest absolute Gasteiger partial charge is 0.307 e. The van der Waals surface area contributed by atoms with Gasteiger partial charge in [0.1, 0.15) is 10.7 Å². The number of anilines is 1. The van der Waals surface area contributed by atoms with Gasteiger partial charge in [-0.05, 0) is 35.0 Å². The predicted molar refractivity (Wildman–Crippen MR) is 80.5 cm³/mol. The van der Waals surface area contributed by atoms with E-state index in [2.05, 4.69) is 41.0 Å². The molecular formula is C11H13BrN6O2S. The Kier molecular flexibility index (Phi) is 4.83. The smallest absolute Gasteiger partial charge is 0.244 e. The van der Waals surface area contributed by atoms with Gasteiger partial charge in [0, 0.05) is 16.9 Å². The zero-order valence-corrected chi connectivity index (χ0v) is 13.4. The van der Waals surface area contributed by atoms with Gasteiger partial charge in [0.05, 0.1) is 12.2 Å². The monoisotopic (exact) mass is 372 g/mol. The van der Waals surface area contributed by atoms with Gasteiger partial charge in [-0.3, -0.25) is 0 Å². The van der Waals surface area contributed by atoms with Crippen LogP contribution < -0.4 is 16.0 Å². The number of hydrogen-bond donors (Lipinski definition) is 3. The summed E-state index contributed by atoms with van der Waals surface area (Å²) in [5, 5.41) is 0. The Morgan fingerprint density at radius 2 is 2.14 bits per heavy atom. The molecule has 0 spiro atoms. The fourth-order valence-electron chi connectivity index (χ4n) is 1.58. The van der Waals surface area contributed by atoms with Crippen LogP contribution in [0.5, 0.6) is 0 Å². The van der Waals surface area contributed by atoms with E-state index in [9.17, 15) is 8.42 Å². The molecule has 0 amide bonds. The number of sulfonamides is 1. The average Bonchev–Trinajstić information content (AvgIpc) is 2.45. The standard InChI is InChI=1S/C11H13BrN6O2S/c1-7-14-3-2-9(17-7)6-16-21(19,20)10-4-8(12)5-15-11(10)18-13/h2-5,16H,6,13H2,1H3,(H,15,18). The minimum atomic E-state index is -3.78. The number of hydrazine groups is 1. The topological polar surface area (TPSA) is 123 Å². The van der Waals surface area contributed by atoms with Gasteiger partial charge >= 0.3 is 0 Å². The molecular weight excluding hydrogens is 360 g/mol. The van der Waals surface area contributed by atoms with Gasteiger partial charge in [-0.2, -0.15) is 0 Å². The number of rotatable bonds is 5. The van der Waals surface area contributed by atoms with Crippen molar-refractivity contribution >= 4 is 31.8 Å². The highest BCUT2D eigenvalue weighted by Crippen LogP contribution is 2.22. The van der Waals surface area contributed by atoms with Gasteiger partial charge in [-0.25, -0.2) is 33.9 Å². The van der Waals surface area contributed by atoms with Crippen LogP contribution in [0.25, 0.3) is 0 Å². The van der Waals surface area contributed by atoms with Crippen LogP contribution in [0.15, 0.2) is 33.9 Å². The molecule has 0 atom stereocenters. The molecule has 0 radical (unpaired) electrons. The third-order valence-corrected chi connectivity index (χ3v) is 4.37. The molecule has 0 aliphatic carbocycles. The van der Waals surface area contributed by atoms with E-state index < -0.39 is 10.0 Å². The van der Waals surface area contributed by atoms with Gasteiger partial charge in [-0.15, -0.1) is 0 Å². The Morgan fingerprint density at radius 3 is 2.81 bits per heavy atom. The fraction of sp³-hybridized carbons (Fsp3) is 0.182. The lowest BCUT2D eigenvalue weighted by atomic mass is 10.4. The van der Waals surface area contributed by atoms with Crippen molar-refractivity contribution in [2.75, 3.05) is 5.43 Å². The first-order chi connectivity index (χ1) is 9.92. The molecule has 21 heavy (non-hydrogen) atoms. The number of nitrogens with two attached hydrogens (primary N) is 1. The fourth-order valence-corrected chi connectivity index (χ4v) is 3.21. The quantitative estimate of drug-likeness (QED) is 0.521. The molecule has 10 heteroatoms. The van der Waals surface area contributed by atoms with E-state index in [0.717, 1.165) is 0 Å². The molecule has 0 fully saturated rings. The maximum absolute atomic E-state index is 12.3. The van der Waals surface area contributed by atoms with Crippen molar-refractivity contribution in [2.45, 2.75) is 18.4 Å². The third kappa shape index (κ3) is 3.94. The Bertz CT molecular complexity index is 752. The number of pyridine rings is 1. The zero-order valence-electron chi connectivity index (χ0n) is 11.0. The number of nitrogens with one attached hydrogen (secondary N) is 2. The van der Waals surface area contributed by atoms with E-state index in [1.54, 1.807) is 19.2 Å². The molecule has 0 saturated carbocycles. The van der Waals surface area contributed by atoms with E-state index in [1.165, 1.54) is 12.3 Å². The molecule has 2 aromatic heterocycles. The van der Waals surface area contributed by atoms with Crippen molar-refractivity contribution in [1.29, 1.82) is 0 Å². The maximum Gasteiger partial charge on any atom is 0.244 e. The van der Waals surface area contributed by atoms with Crippen LogP contribution in [0.2, 0.25) is 0 Å². The number of nitrogen functional groups attached to an aromatic ring is 1. The summed E-state index contributed by atoms with van der Waals surface area (Å²) in [5.74, 6) is 5.91. The molecule has 2 heterocycles. The number of hydrogen-bond acceptors (Lipinski definition) is 7. The van der Waals surface area contributed by atoms with Crippen molar-refractivity contribution in [3.63, 3.8) is 0 Å². The van der Waals surface area contributed by atoms with E-state index in [-0.39, 0.29) is 17.3 Å². The molecule has 0 saturated heterocycles. The van der Waals surface area contributed by atoms with Gasteiger partial charge in [0.25, 0.3) is 0 Å². The third-order valence-electron chi connectivity index (χ3n) is 2.52. The molecule has 0 aliphatic rings. The lowest BCUT2D eigenvalue weighted by Crippen LogP contribution is -2.26. The van der Waals surface area contributed by atoms with E-state index in [4.69, 9.17) is 5.84 Å². The van der Waals surface area contributed by atoms with Crippen molar-refractivity contribution in [2.24, 2.45) is 5.84 Å². The van der Waals surface area contributed by atoms with E-state index in [1.807, 2.05) is 0 Å². The second-order valence-electron chi connectivity index (χ2n) is 4.06. The molecule has 112 valence electrons. The van der Waals surface area contributed by atoms with Crippen molar-refractivity contribution in [3.05, 3.63) is 40.5 Å². The summed E-state index contributed by atoms with van der Waals surface area (Å²) >= 11 is 3.18. The number of aryl methyl sites for hydroxylation is 1. The lowest BCUT2D eigenvalue weighted by molar-refractivity contribution is 0.580. The highest BCUT2D eigenvalue weighted by molar-refractivity contribution is 9.10. The zero-order chi connectivity index (χ0) is 15.5. The van der Waals surface area contributed by atoms with Crippen LogP contribution in [-0.2, 0) is 16.6 Å². The summed E-state index contributed by atoms with van der Waals surface area (Å²) in [6.45, 7) is 1.77. The predicted octanol–water partition coefficient (Wildman–Crippen LogP) is 0.707. The molecule has 0 bridgehead atoms. The molecule has 0 unspecified atom stereocenters. The normalized spacial score (nSPS) is 11.4. The van der Waals surface area contributed by atoms with Crippen molar-refractivity contribution in [3.8, 4) is 0 Å². The van der Waals surface area contributed by atoms with Crippen LogP contribution in [0.3, 0.4) is 0 Å². The second kappa shape index (κ2) is 6.43. The van der Waals surface area contributed by atoms with Crippen LogP contribution in [0.1, 0.15) is 11.5 Å². The van der Waals surface area contributed by atoms with Gasteiger partial charge in [0.15, 0.2) is 5.82 Å². The number of nitrogens with zero attached hydrogens (tertiary/aromatic N) is 3. The summed E-state index contributed by atoms with van der Waals surface area (Å²) in [4.78, 5) is 11.9. The van der Waals surface area contributed by atoms with Crippen LogP contribution >= 0.6 is 15.9 Å². The van der Waals surface area contributed by atoms with Crippen LogP contribution in [0, 0.1) is 6.92 Å². The van der Waals surface area contributed by atoms with Crippen molar-refractivity contribution in [1.82, 2.24) is 19.7 Å². The summed E-state index contributed by atoms with van der Waals surface area (Å²) in [5.41, 5.74) is 2.83. The lowest BCUT2D eigenvalue weighted by Gasteiger charge is -2.10. The first-order valence-electron chi connectivity index (χ1n) is 5.83. The molecule has 0 aliphatic heterocycles. The maximum atomic E-state index is 12.3. The first kappa shape index (κ1) is 15.8.